The van der Waals surface area contributed by atoms with Gasteiger partial charge in [0.2, 0.25) is 0 Å². The van der Waals surface area contributed by atoms with Crippen molar-refractivity contribution in [2.45, 2.75) is 52.5 Å². The van der Waals surface area contributed by atoms with Gasteiger partial charge in [0.25, 0.3) is 0 Å². The van der Waals surface area contributed by atoms with Crippen LogP contribution in [0.15, 0.2) is 24.3 Å². The van der Waals surface area contributed by atoms with Crippen molar-refractivity contribution in [1.82, 2.24) is 10.2 Å². The van der Waals surface area contributed by atoms with Crippen molar-refractivity contribution >= 4 is 0 Å². The second-order valence-corrected chi connectivity index (χ2v) is 5.67. The highest BCUT2D eigenvalue weighted by Crippen LogP contribution is 2.25. The van der Waals surface area contributed by atoms with Crippen LogP contribution in [0.2, 0.25) is 0 Å². The first-order valence-electron chi connectivity index (χ1n) is 8.23. The van der Waals surface area contributed by atoms with E-state index in [4.69, 9.17) is 10.5 Å². The number of nitrogens with two attached hydrogens (primary N) is 1. The van der Waals surface area contributed by atoms with Crippen LogP contribution in [-0.2, 0) is 6.54 Å². The highest BCUT2D eigenvalue weighted by atomic mass is 16.5. The lowest BCUT2D eigenvalue weighted by Crippen LogP contribution is -1.98. The van der Waals surface area contributed by atoms with Crippen LogP contribution in [0.1, 0.15) is 50.3 Å². The van der Waals surface area contributed by atoms with Gasteiger partial charge in [-0.15, -0.1) is 0 Å². The van der Waals surface area contributed by atoms with Crippen molar-refractivity contribution in [3.05, 3.63) is 35.5 Å². The van der Waals surface area contributed by atoms with Gasteiger partial charge >= 0.3 is 0 Å². The van der Waals surface area contributed by atoms with Crippen LogP contribution in [-0.4, -0.2) is 16.8 Å². The maximum Gasteiger partial charge on any atom is 0.119 e. The maximum atomic E-state index is 5.79. The van der Waals surface area contributed by atoms with Crippen LogP contribution < -0.4 is 10.5 Å². The highest BCUT2D eigenvalue weighted by Gasteiger charge is 2.09. The van der Waals surface area contributed by atoms with E-state index in [1.165, 1.54) is 25.7 Å². The predicted molar refractivity (Wildman–Crippen MR) is 90.9 cm³/mol. The zero-order valence-corrected chi connectivity index (χ0v) is 13.7. The zero-order chi connectivity index (χ0) is 15.8. The Balaban J connectivity index is 1.86. The van der Waals surface area contributed by atoms with E-state index >= 15 is 0 Å². The summed E-state index contributed by atoms with van der Waals surface area (Å²) in [6.07, 6.45) is 6.28. The monoisotopic (exact) mass is 301 g/mol. The molecule has 1 heterocycles. The van der Waals surface area contributed by atoms with E-state index in [1.54, 1.807) is 0 Å². The highest BCUT2D eigenvalue weighted by molar-refractivity contribution is 5.64. The molecule has 0 amide bonds. The maximum absolute atomic E-state index is 5.79. The normalized spacial score (nSPS) is 10.9. The van der Waals surface area contributed by atoms with Gasteiger partial charge in [-0.05, 0) is 43.2 Å². The fraction of sp³-hybridized carbons (Fsp3) is 0.500. The second kappa shape index (κ2) is 8.59. The summed E-state index contributed by atoms with van der Waals surface area (Å²) in [6, 6.07) is 8.13. The number of hydrogen-bond donors (Lipinski definition) is 2. The second-order valence-electron chi connectivity index (χ2n) is 5.67. The third-order valence-electron chi connectivity index (χ3n) is 3.96. The molecule has 0 radical (unpaired) electrons. The molecule has 1 aromatic heterocycles. The minimum atomic E-state index is 0.484. The van der Waals surface area contributed by atoms with Crippen molar-refractivity contribution in [1.29, 1.82) is 0 Å². The molecule has 3 N–H and O–H groups in total. The van der Waals surface area contributed by atoms with Crippen LogP contribution in [0.5, 0.6) is 5.75 Å². The zero-order valence-electron chi connectivity index (χ0n) is 13.7. The first kappa shape index (κ1) is 16.6. The number of hydrogen-bond acceptors (Lipinski definition) is 3. The van der Waals surface area contributed by atoms with E-state index in [9.17, 15) is 0 Å². The summed E-state index contributed by atoms with van der Waals surface area (Å²) in [7, 11) is 0. The largest absolute Gasteiger partial charge is 0.494 e. The van der Waals surface area contributed by atoms with E-state index < -0.39 is 0 Å². The Labute approximate surface area is 133 Å². The molecule has 2 aromatic rings. The minimum absolute atomic E-state index is 0.484. The number of nitrogens with one attached hydrogen (secondary N) is 1. The summed E-state index contributed by atoms with van der Waals surface area (Å²) in [5.74, 6) is 0.923. The standard InChI is InChI=1S/C18H27N3O/c1-3-4-5-6-7-12-22-16-10-8-15(9-11-16)18-14(2)17(13-19)20-21-18/h8-11H,3-7,12-13,19H2,1-2H3,(H,20,21). The topological polar surface area (TPSA) is 63.9 Å². The summed E-state index contributed by atoms with van der Waals surface area (Å²) < 4.78 is 5.79. The molecule has 0 aliphatic rings. The van der Waals surface area contributed by atoms with Gasteiger partial charge < -0.3 is 10.5 Å². The number of H-pyrrole nitrogens is 1. The van der Waals surface area contributed by atoms with E-state index in [2.05, 4.69) is 29.3 Å². The molecule has 0 spiro atoms. The average Bonchev–Trinajstić information content (AvgIpc) is 2.92. The SMILES string of the molecule is CCCCCCCOc1ccc(-c2n[nH]c(CN)c2C)cc1. The van der Waals surface area contributed by atoms with Crippen LogP contribution >= 0.6 is 0 Å². The lowest BCUT2D eigenvalue weighted by atomic mass is 10.1. The first-order chi connectivity index (χ1) is 10.8. The third kappa shape index (κ3) is 4.34. The molecule has 120 valence electrons. The molecule has 0 atom stereocenters. The van der Waals surface area contributed by atoms with Gasteiger partial charge in [-0.1, -0.05) is 32.6 Å². The van der Waals surface area contributed by atoms with Crippen LogP contribution in [0, 0.1) is 6.92 Å². The molecule has 0 saturated heterocycles. The third-order valence-corrected chi connectivity index (χ3v) is 3.96. The number of aromatic amines is 1. The fourth-order valence-electron chi connectivity index (χ4n) is 2.52. The number of ether oxygens (including phenoxy) is 1. The van der Waals surface area contributed by atoms with Gasteiger partial charge in [-0.2, -0.15) is 5.10 Å². The minimum Gasteiger partial charge on any atom is -0.494 e. The van der Waals surface area contributed by atoms with Crippen molar-refractivity contribution in [3.63, 3.8) is 0 Å². The number of rotatable bonds is 9. The molecule has 2 rings (SSSR count). The van der Waals surface area contributed by atoms with Crippen LogP contribution in [0.25, 0.3) is 11.3 Å². The van der Waals surface area contributed by atoms with Crippen molar-refractivity contribution in [2.75, 3.05) is 6.61 Å². The fourth-order valence-corrected chi connectivity index (χ4v) is 2.52. The Bertz CT molecular complexity index is 560. The molecule has 0 unspecified atom stereocenters. The number of benzene rings is 1. The van der Waals surface area contributed by atoms with Gasteiger partial charge in [-0.25, -0.2) is 0 Å². The summed E-state index contributed by atoms with van der Waals surface area (Å²) in [6.45, 7) is 5.55. The Morgan fingerprint density at radius 2 is 1.82 bits per heavy atom. The summed E-state index contributed by atoms with van der Waals surface area (Å²) >= 11 is 0. The van der Waals surface area contributed by atoms with Crippen molar-refractivity contribution < 1.29 is 4.74 Å². The predicted octanol–water partition coefficient (Wildman–Crippen LogP) is 4.19. The Morgan fingerprint density at radius 3 is 2.45 bits per heavy atom. The molecule has 0 fully saturated rings. The first-order valence-corrected chi connectivity index (χ1v) is 8.23. The molecular formula is C18H27N3O. The lowest BCUT2D eigenvalue weighted by Gasteiger charge is -2.07. The van der Waals surface area contributed by atoms with Gasteiger partial charge in [-0.3, -0.25) is 5.10 Å². The number of aromatic nitrogens is 2. The van der Waals surface area contributed by atoms with Crippen molar-refractivity contribution in [3.8, 4) is 17.0 Å². The Morgan fingerprint density at radius 1 is 1.09 bits per heavy atom. The molecule has 4 nitrogen and oxygen atoms in total. The van der Waals surface area contributed by atoms with E-state index in [1.807, 2.05) is 19.1 Å². The van der Waals surface area contributed by atoms with Gasteiger partial charge in [0.15, 0.2) is 0 Å². The van der Waals surface area contributed by atoms with Gasteiger partial charge in [0.05, 0.1) is 18.0 Å². The van der Waals surface area contributed by atoms with Crippen LogP contribution in [0.3, 0.4) is 0 Å². The molecule has 22 heavy (non-hydrogen) atoms. The summed E-state index contributed by atoms with van der Waals surface area (Å²) in [5.41, 5.74) is 9.83. The molecule has 4 heteroatoms. The van der Waals surface area contributed by atoms with Gasteiger partial charge in [0.1, 0.15) is 5.75 Å². The lowest BCUT2D eigenvalue weighted by molar-refractivity contribution is 0.304. The quantitative estimate of drug-likeness (QED) is 0.682. The van der Waals surface area contributed by atoms with E-state index in [0.29, 0.717) is 6.54 Å². The Hall–Kier alpha value is -1.81. The van der Waals surface area contributed by atoms with E-state index in [-0.39, 0.29) is 0 Å². The van der Waals surface area contributed by atoms with E-state index in [0.717, 1.165) is 41.3 Å². The van der Waals surface area contributed by atoms with Crippen molar-refractivity contribution in [2.24, 2.45) is 5.73 Å². The summed E-state index contributed by atoms with van der Waals surface area (Å²) in [4.78, 5) is 0. The number of nitrogens with zero attached hydrogens (tertiary/aromatic N) is 1. The smallest absolute Gasteiger partial charge is 0.119 e. The molecule has 0 bridgehead atoms. The molecule has 0 aliphatic carbocycles. The van der Waals surface area contributed by atoms with Crippen LogP contribution in [0.4, 0.5) is 0 Å². The molecule has 1 aromatic carbocycles. The summed E-state index contributed by atoms with van der Waals surface area (Å²) in [5, 5.41) is 7.33. The molecular weight excluding hydrogens is 274 g/mol. The van der Waals surface area contributed by atoms with Gasteiger partial charge in [0, 0.05) is 12.1 Å². The molecule has 0 saturated carbocycles. The molecule has 0 aliphatic heterocycles. The number of unbranched alkanes of at least 4 members (excludes halogenated alkanes) is 4. The Kier molecular flexibility index (Phi) is 6.46. The average molecular weight is 301 g/mol.